The quantitative estimate of drug-likeness (QED) is 0.767. The molecule has 8 heteroatoms. The number of anilines is 2. The highest BCUT2D eigenvalue weighted by Crippen LogP contribution is 2.34. The van der Waals surface area contributed by atoms with Crippen LogP contribution in [0.1, 0.15) is 18.4 Å². The second-order valence-electron chi connectivity index (χ2n) is 6.68. The number of aryl methyl sites for hydroxylation is 1. The summed E-state index contributed by atoms with van der Waals surface area (Å²) in [7, 11) is -3.50. The van der Waals surface area contributed by atoms with Gasteiger partial charge in [0.05, 0.1) is 11.9 Å². The molecule has 0 saturated heterocycles. The van der Waals surface area contributed by atoms with Gasteiger partial charge in [0.15, 0.2) is 11.5 Å². The summed E-state index contributed by atoms with van der Waals surface area (Å²) in [5.74, 6) is 0.969. The number of nitrogens with zero attached hydrogens (tertiary/aromatic N) is 1. The first-order chi connectivity index (χ1) is 13.3. The van der Waals surface area contributed by atoms with Gasteiger partial charge in [-0.1, -0.05) is 12.1 Å². The number of fused-ring (bicyclic) bond motifs is 1. The predicted octanol–water partition coefficient (Wildman–Crippen LogP) is 2.95. The molecule has 0 saturated carbocycles. The van der Waals surface area contributed by atoms with Crippen molar-refractivity contribution in [3.63, 3.8) is 0 Å². The van der Waals surface area contributed by atoms with E-state index < -0.39 is 10.0 Å². The van der Waals surface area contributed by atoms with Gasteiger partial charge in [0, 0.05) is 24.7 Å². The van der Waals surface area contributed by atoms with Gasteiger partial charge in [0.25, 0.3) is 0 Å². The predicted molar refractivity (Wildman–Crippen MR) is 109 cm³/mol. The molecule has 2 aromatic carbocycles. The third-order valence-corrected chi connectivity index (χ3v) is 5.48. The Hall–Kier alpha value is -2.74. The SMILES string of the molecule is Cc1cccc(NC(=O)CCCN(c2ccc3c(c2)OCCO3)S(C)(=O)=O)c1. The van der Waals surface area contributed by atoms with Gasteiger partial charge in [-0.2, -0.15) is 0 Å². The van der Waals surface area contributed by atoms with Crippen LogP contribution >= 0.6 is 0 Å². The molecule has 2 aromatic rings. The average Bonchev–Trinajstić information content (AvgIpc) is 2.64. The third-order valence-electron chi connectivity index (χ3n) is 4.28. The molecule has 0 atom stereocenters. The minimum absolute atomic E-state index is 0.152. The van der Waals surface area contributed by atoms with E-state index in [2.05, 4.69) is 5.32 Å². The van der Waals surface area contributed by atoms with Crippen molar-refractivity contribution in [2.45, 2.75) is 19.8 Å². The number of sulfonamides is 1. The van der Waals surface area contributed by atoms with Crippen LogP contribution in [0.25, 0.3) is 0 Å². The van der Waals surface area contributed by atoms with Gasteiger partial charge < -0.3 is 14.8 Å². The highest BCUT2D eigenvalue weighted by molar-refractivity contribution is 7.92. The summed E-state index contributed by atoms with van der Waals surface area (Å²) < 4.78 is 36.8. The van der Waals surface area contributed by atoms with Crippen molar-refractivity contribution in [1.82, 2.24) is 0 Å². The van der Waals surface area contributed by atoms with Crippen LogP contribution < -0.4 is 19.1 Å². The van der Waals surface area contributed by atoms with Crippen LogP contribution in [-0.4, -0.2) is 40.3 Å². The lowest BCUT2D eigenvalue weighted by Crippen LogP contribution is -2.31. The molecule has 0 aromatic heterocycles. The molecule has 3 rings (SSSR count). The van der Waals surface area contributed by atoms with E-state index in [0.29, 0.717) is 36.8 Å². The van der Waals surface area contributed by atoms with E-state index in [0.717, 1.165) is 17.5 Å². The van der Waals surface area contributed by atoms with Gasteiger partial charge in [0.2, 0.25) is 15.9 Å². The maximum Gasteiger partial charge on any atom is 0.232 e. The minimum atomic E-state index is -3.50. The van der Waals surface area contributed by atoms with E-state index in [1.165, 1.54) is 4.31 Å². The van der Waals surface area contributed by atoms with Crippen LogP contribution in [0.2, 0.25) is 0 Å². The molecule has 1 aliphatic heterocycles. The van der Waals surface area contributed by atoms with Crippen molar-refractivity contribution in [2.75, 3.05) is 35.6 Å². The van der Waals surface area contributed by atoms with Gasteiger partial charge in [-0.25, -0.2) is 8.42 Å². The highest BCUT2D eigenvalue weighted by atomic mass is 32.2. The fraction of sp³-hybridized carbons (Fsp3) is 0.350. The summed E-state index contributed by atoms with van der Waals surface area (Å²) in [6, 6.07) is 12.6. The molecule has 1 N–H and O–H groups in total. The minimum Gasteiger partial charge on any atom is -0.486 e. The van der Waals surface area contributed by atoms with Crippen LogP contribution in [0, 0.1) is 6.92 Å². The molecule has 150 valence electrons. The highest BCUT2D eigenvalue weighted by Gasteiger charge is 2.21. The largest absolute Gasteiger partial charge is 0.486 e. The lowest BCUT2D eigenvalue weighted by atomic mass is 10.2. The second-order valence-corrected chi connectivity index (χ2v) is 8.59. The van der Waals surface area contributed by atoms with Crippen LogP contribution in [0.5, 0.6) is 11.5 Å². The van der Waals surface area contributed by atoms with Crippen LogP contribution in [0.4, 0.5) is 11.4 Å². The lowest BCUT2D eigenvalue weighted by molar-refractivity contribution is -0.116. The van der Waals surface area contributed by atoms with E-state index in [1.807, 2.05) is 31.2 Å². The average molecular weight is 404 g/mol. The molecule has 28 heavy (non-hydrogen) atoms. The van der Waals surface area contributed by atoms with Gasteiger partial charge in [-0.05, 0) is 43.2 Å². The maximum absolute atomic E-state index is 12.3. The maximum atomic E-state index is 12.3. The van der Waals surface area contributed by atoms with Crippen molar-refractivity contribution in [2.24, 2.45) is 0 Å². The van der Waals surface area contributed by atoms with Crippen LogP contribution in [-0.2, 0) is 14.8 Å². The number of hydrogen-bond donors (Lipinski definition) is 1. The number of ether oxygens (including phenoxy) is 2. The number of hydrogen-bond acceptors (Lipinski definition) is 5. The van der Waals surface area contributed by atoms with E-state index >= 15 is 0 Å². The van der Waals surface area contributed by atoms with Gasteiger partial charge in [0.1, 0.15) is 13.2 Å². The van der Waals surface area contributed by atoms with Gasteiger partial charge in [-0.3, -0.25) is 9.10 Å². The van der Waals surface area contributed by atoms with Crippen molar-refractivity contribution in [3.05, 3.63) is 48.0 Å². The Morgan fingerprint density at radius 2 is 1.86 bits per heavy atom. The first kappa shape index (κ1) is 20.0. The van der Waals surface area contributed by atoms with E-state index in [9.17, 15) is 13.2 Å². The number of amides is 1. The van der Waals surface area contributed by atoms with E-state index in [4.69, 9.17) is 9.47 Å². The zero-order chi connectivity index (χ0) is 20.1. The Morgan fingerprint density at radius 3 is 2.57 bits per heavy atom. The Morgan fingerprint density at radius 1 is 1.11 bits per heavy atom. The number of nitrogens with one attached hydrogen (secondary N) is 1. The molecular weight excluding hydrogens is 380 g/mol. The topological polar surface area (TPSA) is 84.9 Å². The summed E-state index contributed by atoms with van der Waals surface area (Å²) in [4.78, 5) is 12.2. The van der Waals surface area contributed by atoms with Crippen LogP contribution in [0.15, 0.2) is 42.5 Å². The fourth-order valence-electron chi connectivity index (χ4n) is 3.00. The molecule has 1 amide bonds. The van der Waals surface area contributed by atoms with E-state index in [-0.39, 0.29) is 18.9 Å². The normalized spacial score (nSPS) is 13.1. The molecule has 0 aliphatic carbocycles. The summed E-state index contributed by atoms with van der Waals surface area (Å²) in [5.41, 5.74) is 2.28. The summed E-state index contributed by atoms with van der Waals surface area (Å²) in [6.45, 7) is 3.04. The molecule has 0 radical (unpaired) electrons. The van der Waals surface area contributed by atoms with Crippen molar-refractivity contribution >= 4 is 27.3 Å². The molecule has 0 spiro atoms. The first-order valence-electron chi connectivity index (χ1n) is 9.07. The molecule has 0 bridgehead atoms. The van der Waals surface area contributed by atoms with E-state index in [1.54, 1.807) is 18.2 Å². The fourth-order valence-corrected chi connectivity index (χ4v) is 3.96. The molecule has 0 unspecified atom stereocenters. The Balaban J connectivity index is 1.63. The van der Waals surface area contributed by atoms with Crippen molar-refractivity contribution in [3.8, 4) is 11.5 Å². The molecule has 7 nitrogen and oxygen atoms in total. The third kappa shape index (κ3) is 5.16. The summed E-state index contributed by atoms with van der Waals surface area (Å²) in [5, 5.41) is 2.83. The lowest BCUT2D eigenvalue weighted by Gasteiger charge is -2.25. The standard InChI is InChI=1S/C20H24N2O5S/c1-15-5-3-6-16(13-15)21-20(23)7-4-10-22(28(2,24)25)17-8-9-18-19(14-17)27-12-11-26-18/h3,5-6,8-9,13-14H,4,7,10-12H2,1-2H3,(H,21,23). The number of carbonyl (C=O) groups excluding carboxylic acids is 1. The smallest absolute Gasteiger partial charge is 0.232 e. The number of carbonyl (C=O) groups is 1. The Kier molecular flexibility index (Phi) is 6.08. The summed E-state index contributed by atoms with van der Waals surface area (Å²) >= 11 is 0. The number of benzene rings is 2. The van der Waals surface area contributed by atoms with Gasteiger partial charge >= 0.3 is 0 Å². The summed E-state index contributed by atoms with van der Waals surface area (Å²) in [6.07, 6.45) is 1.75. The first-order valence-corrected chi connectivity index (χ1v) is 10.9. The zero-order valence-electron chi connectivity index (χ0n) is 16.0. The number of rotatable bonds is 7. The van der Waals surface area contributed by atoms with Gasteiger partial charge in [-0.15, -0.1) is 0 Å². The van der Waals surface area contributed by atoms with Crippen molar-refractivity contribution in [1.29, 1.82) is 0 Å². The molecular formula is C20H24N2O5S. The molecule has 1 aliphatic rings. The Labute approximate surface area is 165 Å². The monoisotopic (exact) mass is 404 g/mol. The molecule has 0 fully saturated rings. The van der Waals surface area contributed by atoms with Crippen LogP contribution in [0.3, 0.4) is 0 Å². The zero-order valence-corrected chi connectivity index (χ0v) is 16.8. The van der Waals surface area contributed by atoms with Crippen molar-refractivity contribution < 1.29 is 22.7 Å². The Bertz CT molecular complexity index is 959. The second kappa shape index (κ2) is 8.52. The molecule has 1 heterocycles.